The second kappa shape index (κ2) is 5.99. The number of imidazole rings is 1. The zero-order valence-electron chi connectivity index (χ0n) is 13.4. The maximum atomic E-state index is 12.4. The molecule has 1 fully saturated rings. The summed E-state index contributed by atoms with van der Waals surface area (Å²) in [5, 5.41) is 0. The van der Waals surface area contributed by atoms with E-state index in [1.165, 1.54) is 6.20 Å². The lowest BCUT2D eigenvalue weighted by Crippen LogP contribution is -2.23. The van der Waals surface area contributed by atoms with Crippen LogP contribution >= 0.6 is 0 Å². The van der Waals surface area contributed by atoms with Crippen LogP contribution in [0.15, 0.2) is 42.9 Å². The Hall–Kier alpha value is -2.43. The topological polar surface area (TPSA) is 61.2 Å². The van der Waals surface area contributed by atoms with Crippen LogP contribution in [0.1, 0.15) is 48.8 Å². The van der Waals surface area contributed by atoms with E-state index in [1.54, 1.807) is 17.8 Å². The number of carbonyl (C=O) groups excluding carboxylic acids is 2. The van der Waals surface area contributed by atoms with Crippen molar-refractivity contribution in [1.29, 1.82) is 0 Å². The van der Waals surface area contributed by atoms with E-state index in [2.05, 4.69) is 4.98 Å². The van der Waals surface area contributed by atoms with Gasteiger partial charge in [-0.05, 0) is 32.3 Å². The molecule has 0 spiro atoms. The van der Waals surface area contributed by atoms with Crippen LogP contribution in [0.5, 0.6) is 0 Å². The van der Waals surface area contributed by atoms with Gasteiger partial charge < -0.3 is 9.30 Å². The van der Waals surface area contributed by atoms with E-state index in [-0.39, 0.29) is 18.4 Å². The molecule has 1 aliphatic carbocycles. The quantitative estimate of drug-likeness (QED) is 0.769. The van der Waals surface area contributed by atoms with Gasteiger partial charge in [-0.2, -0.15) is 0 Å². The first-order chi connectivity index (χ1) is 11.0. The summed E-state index contributed by atoms with van der Waals surface area (Å²) < 4.78 is 7.18. The van der Waals surface area contributed by atoms with Crippen molar-refractivity contribution in [2.24, 2.45) is 5.41 Å². The first-order valence-electron chi connectivity index (χ1n) is 7.78. The number of benzene rings is 1. The molecule has 5 heteroatoms. The lowest BCUT2D eigenvalue weighted by atomic mass is 10.0. The molecule has 0 amide bonds. The highest BCUT2D eigenvalue weighted by Gasteiger charge is 2.48. The number of nitrogens with zero attached hydrogens (tertiary/aromatic N) is 2. The highest BCUT2D eigenvalue weighted by molar-refractivity contribution is 5.89. The number of ketones is 1. The molecule has 1 unspecified atom stereocenters. The van der Waals surface area contributed by atoms with Crippen molar-refractivity contribution in [3.63, 3.8) is 0 Å². The Morgan fingerprint density at radius 3 is 2.61 bits per heavy atom. The number of ether oxygens (including phenoxy) is 1. The van der Waals surface area contributed by atoms with Gasteiger partial charge in [-0.25, -0.2) is 9.78 Å². The Balaban J connectivity index is 1.73. The van der Waals surface area contributed by atoms with Gasteiger partial charge in [0.25, 0.3) is 0 Å². The smallest absolute Gasteiger partial charge is 0.356 e. The van der Waals surface area contributed by atoms with Crippen LogP contribution in [-0.4, -0.2) is 27.9 Å². The third kappa shape index (κ3) is 3.04. The zero-order chi connectivity index (χ0) is 16.4. The Morgan fingerprint density at radius 1 is 1.30 bits per heavy atom. The van der Waals surface area contributed by atoms with Crippen molar-refractivity contribution in [2.75, 3.05) is 6.61 Å². The Labute approximate surface area is 135 Å². The Kier molecular flexibility index (Phi) is 4.03. The molecule has 0 radical (unpaired) electrons. The number of carbonyl (C=O) groups is 2. The molecule has 1 aromatic heterocycles. The fourth-order valence-electron chi connectivity index (χ4n) is 2.69. The van der Waals surface area contributed by atoms with Crippen molar-refractivity contribution >= 4 is 11.8 Å². The van der Waals surface area contributed by atoms with E-state index >= 15 is 0 Å². The average Bonchev–Trinajstić information content (AvgIpc) is 3.21. The molecule has 1 aromatic carbocycles. The van der Waals surface area contributed by atoms with Gasteiger partial charge in [-0.1, -0.05) is 30.3 Å². The van der Waals surface area contributed by atoms with Crippen molar-refractivity contribution in [3.8, 4) is 0 Å². The standard InChI is InChI=1S/C18H20N2O3/c1-13(15-6-4-3-5-7-15)20-12-19-10-16(20)17(22)23-11-18(8-9-18)14(2)21/h3-7,10,12-13H,8-9,11H2,1-2H3. The molecule has 1 aliphatic rings. The highest BCUT2D eigenvalue weighted by Crippen LogP contribution is 2.46. The number of hydrogen-bond donors (Lipinski definition) is 0. The van der Waals surface area contributed by atoms with Crippen LogP contribution in [-0.2, 0) is 9.53 Å². The molecule has 23 heavy (non-hydrogen) atoms. The SMILES string of the molecule is CC(=O)C1(COC(=O)c2cncn2C(C)c2ccccc2)CC1. The van der Waals surface area contributed by atoms with E-state index in [0.717, 1.165) is 18.4 Å². The predicted octanol–water partition coefficient (Wildman–Crippen LogP) is 3.02. The molecule has 1 saturated carbocycles. The minimum absolute atomic E-state index is 0.0241. The summed E-state index contributed by atoms with van der Waals surface area (Å²) in [6, 6.07) is 9.87. The molecule has 0 bridgehead atoms. The zero-order valence-corrected chi connectivity index (χ0v) is 13.4. The monoisotopic (exact) mass is 312 g/mol. The summed E-state index contributed by atoms with van der Waals surface area (Å²) >= 11 is 0. The van der Waals surface area contributed by atoms with Crippen molar-refractivity contribution in [2.45, 2.75) is 32.7 Å². The van der Waals surface area contributed by atoms with Crippen LogP contribution in [0, 0.1) is 5.41 Å². The average molecular weight is 312 g/mol. The van der Waals surface area contributed by atoms with Crippen molar-refractivity contribution in [1.82, 2.24) is 9.55 Å². The summed E-state index contributed by atoms with van der Waals surface area (Å²) in [4.78, 5) is 28.0. The lowest BCUT2D eigenvalue weighted by Gasteiger charge is -2.17. The fourth-order valence-corrected chi connectivity index (χ4v) is 2.69. The number of esters is 1. The molecule has 1 heterocycles. The first kappa shape index (κ1) is 15.5. The van der Waals surface area contributed by atoms with Gasteiger partial charge in [-0.15, -0.1) is 0 Å². The number of rotatable bonds is 6. The van der Waals surface area contributed by atoms with Crippen LogP contribution < -0.4 is 0 Å². The maximum absolute atomic E-state index is 12.4. The van der Waals surface area contributed by atoms with Gasteiger partial charge in [0.2, 0.25) is 0 Å². The lowest BCUT2D eigenvalue weighted by molar-refractivity contribution is -0.123. The number of aromatic nitrogens is 2. The summed E-state index contributed by atoms with van der Waals surface area (Å²) in [5.74, 6) is -0.339. The van der Waals surface area contributed by atoms with Gasteiger partial charge in [-0.3, -0.25) is 4.79 Å². The molecule has 0 aliphatic heterocycles. The van der Waals surface area contributed by atoms with Crippen molar-refractivity contribution < 1.29 is 14.3 Å². The molecule has 1 atom stereocenters. The minimum Gasteiger partial charge on any atom is -0.460 e. The molecular weight excluding hydrogens is 292 g/mol. The van der Waals surface area contributed by atoms with E-state index < -0.39 is 11.4 Å². The van der Waals surface area contributed by atoms with Gasteiger partial charge in [0.15, 0.2) is 0 Å². The number of hydrogen-bond acceptors (Lipinski definition) is 4. The second-order valence-corrected chi connectivity index (χ2v) is 6.19. The van der Waals surface area contributed by atoms with Crippen LogP contribution in [0.2, 0.25) is 0 Å². The molecule has 120 valence electrons. The maximum Gasteiger partial charge on any atom is 0.356 e. The van der Waals surface area contributed by atoms with E-state index in [4.69, 9.17) is 4.74 Å². The number of Topliss-reactive ketones (excluding diaryl/α,β-unsaturated/α-hetero) is 1. The van der Waals surface area contributed by atoms with Gasteiger partial charge in [0.1, 0.15) is 18.1 Å². The summed E-state index contributed by atoms with van der Waals surface area (Å²) in [6.07, 6.45) is 4.74. The first-order valence-corrected chi connectivity index (χ1v) is 7.78. The largest absolute Gasteiger partial charge is 0.460 e. The molecule has 0 N–H and O–H groups in total. The Bertz CT molecular complexity index is 717. The summed E-state index contributed by atoms with van der Waals surface area (Å²) in [5.41, 5.74) is 1.05. The van der Waals surface area contributed by atoms with Crippen LogP contribution in [0.3, 0.4) is 0 Å². The minimum atomic E-state index is -0.439. The molecule has 2 aromatic rings. The van der Waals surface area contributed by atoms with E-state index in [0.29, 0.717) is 5.69 Å². The van der Waals surface area contributed by atoms with Crippen LogP contribution in [0.4, 0.5) is 0 Å². The highest BCUT2D eigenvalue weighted by atomic mass is 16.5. The van der Waals surface area contributed by atoms with Crippen molar-refractivity contribution in [3.05, 3.63) is 54.1 Å². The second-order valence-electron chi connectivity index (χ2n) is 6.19. The molecule has 5 nitrogen and oxygen atoms in total. The van der Waals surface area contributed by atoms with Gasteiger partial charge >= 0.3 is 5.97 Å². The van der Waals surface area contributed by atoms with E-state index in [9.17, 15) is 9.59 Å². The van der Waals surface area contributed by atoms with Crippen LogP contribution in [0.25, 0.3) is 0 Å². The van der Waals surface area contributed by atoms with Gasteiger partial charge in [0.05, 0.1) is 24.0 Å². The van der Waals surface area contributed by atoms with E-state index in [1.807, 2.05) is 37.3 Å². The molecule has 0 saturated heterocycles. The summed E-state index contributed by atoms with van der Waals surface area (Å²) in [6.45, 7) is 3.72. The fraction of sp³-hybridized carbons (Fsp3) is 0.389. The molecule has 3 rings (SSSR count). The predicted molar refractivity (Wildman–Crippen MR) is 85.1 cm³/mol. The normalized spacial score (nSPS) is 16.6. The van der Waals surface area contributed by atoms with Gasteiger partial charge in [0, 0.05) is 0 Å². The Morgan fingerprint density at radius 2 is 2.00 bits per heavy atom. The third-order valence-corrected chi connectivity index (χ3v) is 4.65. The molecular formula is C18H20N2O3. The third-order valence-electron chi connectivity index (χ3n) is 4.65. The summed E-state index contributed by atoms with van der Waals surface area (Å²) in [7, 11) is 0.